The van der Waals surface area contributed by atoms with Gasteiger partial charge in [-0.25, -0.2) is 4.39 Å². The van der Waals surface area contributed by atoms with Crippen molar-refractivity contribution in [1.82, 2.24) is 0 Å². The van der Waals surface area contributed by atoms with E-state index >= 15 is 0 Å². The largest absolute Gasteiger partial charge is 0.326 e. The van der Waals surface area contributed by atoms with Gasteiger partial charge in [0.2, 0.25) is 0 Å². The third-order valence-corrected chi connectivity index (χ3v) is 1.70. The summed E-state index contributed by atoms with van der Waals surface area (Å²) in [5.41, 5.74) is 7.02. The van der Waals surface area contributed by atoms with Gasteiger partial charge in [0.1, 0.15) is 6.17 Å². The Hall–Kier alpha value is -0.890. The molecular formula is C9H12FN. The summed E-state index contributed by atoms with van der Waals surface area (Å²) in [5, 5.41) is 0. The molecule has 11 heavy (non-hydrogen) atoms. The van der Waals surface area contributed by atoms with Crippen molar-refractivity contribution in [1.29, 1.82) is 0 Å². The molecule has 0 amide bonds. The Balaban J connectivity index is 3.02. The van der Waals surface area contributed by atoms with E-state index in [2.05, 4.69) is 0 Å². The van der Waals surface area contributed by atoms with Crippen LogP contribution in [-0.2, 0) is 6.54 Å². The first-order valence-electron chi connectivity index (χ1n) is 3.67. The molecule has 0 aliphatic rings. The smallest absolute Gasteiger partial charge is 0.123 e. The Labute approximate surface area is 66.0 Å². The lowest BCUT2D eigenvalue weighted by Gasteiger charge is -2.07. The summed E-state index contributed by atoms with van der Waals surface area (Å²) in [5.74, 6) is 0. The first-order valence-corrected chi connectivity index (χ1v) is 3.67. The Morgan fingerprint density at radius 1 is 1.45 bits per heavy atom. The van der Waals surface area contributed by atoms with Gasteiger partial charge < -0.3 is 5.73 Å². The highest BCUT2D eigenvalue weighted by atomic mass is 19.1. The van der Waals surface area contributed by atoms with Crippen LogP contribution in [0.1, 0.15) is 24.2 Å². The van der Waals surface area contributed by atoms with Crippen molar-refractivity contribution >= 4 is 0 Å². The molecule has 1 rings (SSSR count). The van der Waals surface area contributed by atoms with Crippen molar-refractivity contribution in [2.45, 2.75) is 19.6 Å². The molecule has 0 radical (unpaired) electrons. The van der Waals surface area contributed by atoms with Crippen LogP contribution in [-0.4, -0.2) is 0 Å². The lowest BCUT2D eigenvalue weighted by atomic mass is 10.0. The van der Waals surface area contributed by atoms with E-state index in [1.54, 1.807) is 6.07 Å². The van der Waals surface area contributed by atoms with Crippen LogP contribution < -0.4 is 5.73 Å². The molecule has 1 nitrogen and oxygen atoms in total. The molecule has 0 aliphatic carbocycles. The second kappa shape index (κ2) is 3.49. The van der Waals surface area contributed by atoms with E-state index in [9.17, 15) is 4.39 Å². The van der Waals surface area contributed by atoms with Crippen LogP contribution in [0, 0.1) is 0 Å². The van der Waals surface area contributed by atoms with Gasteiger partial charge in [-0.05, 0) is 18.1 Å². The minimum absolute atomic E-state index is 0.407. The van der Waals surface area contributed by atoms with Crippen LogP contribution in [0.2, 0.25) is 0 Å². The van der Waals surface area contributed by atoms with Crippen LogP contribution in [0.25, 0.3) is 0 Å². The highest BCUT2D eigenvalue weighted by Crippen LogP contribution is 2.19. The summed E-state index contributed by atoms with van der Waals surface area (Å²) < 4.78 is 12.8. The average Bonchev–Trinajstić information content (AvgIpc) is 2.04. The molecule has 2 N–H and O–H groups in total. The molecule has 2 heteroatoms. The molecule has 0 saturated carbocycles. The molecule has 0 aromatic heterocycles. The molecule has 0 spiro atoms. The van der Waals surface area contributed by atoms with Crippen LogP contribution >= 0.6 is 0 Å². The molecule has 1 atom stereocenters. The van der Waals surface area contributed by atoms with E-state index < -0.39 is 6.17 Å². The molecule has 1 aromatic rings. The highest BCUT2D eigenvalue weighted by Gasteiger charge is 2.05. The third-order valence-electron chi connectivity index (χ3n) is 1.70. The Kier molecular flexibility index (Phi) is 2.60. The number of hydrogen-bond donors (Lipinski definition) is 1. The highest BCUT2D eigenvalue weighted by molar-refractivity contribution is 5.28. The quantitative estimate of drug-likeness (QED) is 0.692. The molecule has 1 aromatic carbocycles. The molecular weight excluding hydrogens is 141 g/mol. The van der Waals surface area contributed by atoms with Crippen molar-refractivity contribution in [3.05, 3.63) is 35.4 Å². The maximum Gasteiger partial charge on any atom is 0.123 e. The first-order chi connectivity index (χ1) is 5.25. The lowest BCUT2D eigenvalue weighted by Crippen LogP contribution is -2.01. The first kappa shape index (κ1) is 8.21. The van der Waals surface area contributed by atoms with E-state index in [0.29, 0.717) is 12.1 Å². The Morgan fingerprint density at radius 3 is 2.55 bits per heavy atom. The van der Waals surface area contributed by atoms with Gasteiger partial charge in [-0.1, -0.05) is 24.3 Å². The zero-order valence-corrected chi connectivity index (χ0v) is 6.55. The second-order valence-electron chi connectivity index (χ2n) is 2.52. The minimum atomic E-state index is -0.922. The average molecular weight is 153 g/mol. The van der Waals surface area contributed by atoms with Crippen LogP contribution in [0.4, 0.5) is 4.39 Å². The van der Waals surface area contributed by atoms with Gasteiger partial charge in [0, 0.05) is 6.54 Å². The fraction of sp³-hybridized carbons (Fsp3) is 0.333. The zero-order chi connectivity index (χ0) is 8.27. The van der Waals surface area contributed by atoms with Gasteiger partial charge in [0.05, 0.1) is 0 Å². The minimum Gasteiger partial charge on any atom is -0.326 e. The summed E-state index contributed by atoms with van der Waals surface area (Å²) in [6, 6.07) is 7.32. The standard InChI is InChI=1S/C9H12FN/c1-7(10)9-5-3-2-4-8(9)6-11/h2-5,7H,6,11H2,1H3. The number of halogens is 1. The van der Waals surface area contributed by atoms with E-state index in [1.165, 1.54) is 6.92 Å². The number of alkyl halides is 1. The van der Waals surface area contributed by atoms with Crippen LogP contribution in [0.3, 0.4) is 0 Å². The molecule has 60 valence electrons. The molecule has 1 unspecified atom stereocenters. The zero-order valence-electron chi connectivity index (χ0n) is 6.55. The summed E-state index contributed by atoms with van der Waals surface area (Å²) in [4.78, 5) is 0. The normalized spacial score (nSPS) is 13.0. The number of hydrogen-bond acceptors (Lipinski definition) is 1. The fourth-order valence-corrected chi connectivity index (χ4v) is 1.11. The van der Waals surface area contributed by atoms with E-state index in [-0.39, 0.29) is 0 Å². The second-order valence-corrected chi connectivity index (χ2v) is 2.52. The van der Waals surface area contributed by atoms with Crippen molar-refractivity contribution in [3.63, 3.8) is 0 Å². The number of nitrogens with two attached hydrogens (primary N) is 1. The van der Waals surface area contributed by atoms with Crippen molar-refractivity contribution in [2.75, 3.05) is 0 Å². The predicted octanol–water partition coefficient (Wildman–Crippen LogP) is 2.18. The lowest BCUT2D eigenvalue weighted by molar-refractivity contribution is 0.372. The molecule has 0 saturated heterocycles. The van der Waals surface area contributed by atoms with Gasteiger partial charge in [-0.15, -0.1) is 0 Å². The van der Waals surface area contributed by atoms with Crippen molar-refractivity contribution in [3.8, 4) is 0 Å². The number of rotatable bonds is 2. The van der Waals surface area contributed by atoms with Gasteiger partial charge in [-0.3, -0.25) is 0 Å². The topological polar surface area (TPSA) is 26.0 Å². The SMILES string of the molecule is CC(F)c1ccccc1CN. The summed E-state index contributed by atoms with van der Waals surface area (Å²) in [7, 11) is 0. The molecule has 0 bridgehead atoms. The molecule has 0 heterocycles. The van der Waals surface area contributed by atoms with Gasteiger partial charge in [0.15, 0.2) is 0 Å². The van der Waals surface area contributed by atoms with Crippen molar-refractivity contribution in [2.24, 2.45) is 5.73 Å². The summed E-state index contributed by atoms with van der Waals surface area (Å²) >= 11 is 0. The predicted molar refractivity (Wildman–Crippen MR) is 43.9 cm³/mol. The summed E-state index contributed by atoms with van der Waals surface area (Å²) in [6.45, 7) is 1.93. The van der Waals surface area contributed by atoms with Crippen molar-refractivity contribution < 1.29 is 4.39 Å². The van der Waals surface area contributed by atoms with Gasteiger partial charge >= 0.3 is 0 Å². The Bertz CT molecular complexity index is 233. The monoisotopic (exact) mass is 153 g/mol. The van der Waals surface area contributed by atoms with Crippen LogP contribution in [0.5, 0.6) is 0 Å². The van der Waals surface area contributed by atoms with E-state index in [4.69, 9.17) is 5.73 Å². The number of benzene rings is 1. The fourth-order valence-electron chi connectivity index (χ4n) is 1.11. The summed E-state index contributed by atoms with van der Waals surface area (Å²) in [6.07, 6.45) is -0.922. The maximum atomic E-state index is 12.8. The van der Waals surface area contributed by atoms with E-state index in [1.807, 2.05) is 18.2 Å². The molecule has 0 aliphatic heterocycles. The van der Waals surface area contributed by atoms with Crippen LogP contribution in [0.15, 0.2) is 24.3 Å². The van der Waals surface area contributed by atoms with Gasteiger partial charge in [0.25, 0.3) is 0 Å². The van der Waals surface area contributed by atoms with E-state index in [0.717, 1.165) is 5.56 Å². The third kappa shape index (κ3) is 1.77. The maximum absolute atomic E-state index is 12.8. The Morgan fingerprint density at radius 2 is 2.09 bits per heavy atom. The molecule has 0 fully saturated rings. The van der Waals surface area contributed by atoms with Gasteiger partial charge in [-0.2, -0.15) is 0 Å².